The second-order valence-electron chi connectivity index (χ2n) is 6.21. The van der Waals surface area contributed by atoms with Gasteiger partial charge in [-0.05, 0) is 30.2 Å². The molecular weight excluding hydrogens is 227 g/mol. The molecule has 0 unspecified atom stereocenters. The van der Waals surface area contributed by atoms with Gasteiger partial charge in [-0.15, -0.1) is 0 Å². The molecule has 2 rings (SSSR count). The highest BCUT2D eigenvalue weighted by atomic mass is 19.1. The van der Waals surface area contributed by atoms with E-state index in [1.54, 1.807) is 6.07 Å². The van der Waals surface area contributed by atoms with E-state index >= 15 is 0 Å². The number of hydrogen-bond acceptors (Lipinski definition) is 2. The zero-order chi connectivity index (χ0) is 13.3. The van der Waals surface area contributed by atoms with E-state index in [2.05, 4.69) is 37.6 Å². The SMILES string of the molecule is CN1CCN(c2cc(C(C)(C)C)ccc2F)CC1. The Balaban J connectivity index is 2.27. The Labute approximate surface area is 109 Å². The number of likely N-dealkylation sites (N-methyl/N-ethyl adjacent to an activating group) is 1. The van der Waals surface area contributed by atoms with Crippen LogP contribution in [0.25, 0.3) is 0 Å². The minimum atomic E-state index is -0.104. The largest absolute Gasteiger partial charge is 0.367 e. The zero-order valence-corrected chi connectivity index (χ0v) is 11.8. The molecular formula is C15H23FN2. The molecule has 0 aromatic heterocycles. The average molecular weight is 250 g/mol. The molecule has 100 valence electrons. The van der Waals surface area contributed by atoms with Gasteiger partial charge in [-0.25, -0.2) is 4.39 Å². The van der Waals surface area contributed by atoms with Crippen LogP contribution in [0.2, 0.25) is 0 Å². The van der Waals surface area contributed by atoms with Crippen molar-refractivity contribution < 1.29 is 4.39 Å². The molecule has 0 saturated carbocycles. The first-order chi connectivity index (χ1) is 8.38. The van der Waals surface area contributed by atoms with Gasteiger partial charge < -0.3 is 9.80 Å². The molecule has 0 bridgehead atoms. The molecule has 1 heterocycles. The Hall–Kier alpha value is -1.09. The van der Waals surface area contributed by atoms with Crippen LogP contribution in [-0.2, 0) is 5.41 Å². The molecule has 0 N–H and O–H groups in total. The zero-order valence-electron chi connectivity index (χ0n) is 11.8. The molecule has 1 aromatic rings. The maximum Gasteiger partial charge on any atom is 0.146 e. The highest BCUT2D eigenvalue weighted by molar-refractivity contribution is 5.51. The van der Waals surface area contributed by atoms with Crippen LogP contribution < -0.4 is 4.90 Å². The summed E-state index contributed by atoms with van der Waals surface area (Å²) in [5.74, 6) is -0.104. The number of anilines is 1. The molecule has 0 aliphatic carbocycles. The number of piperazine rings is 1. The lowest BCUT2D eigenvalue weighted by Gasteiger charge is -2.35. The van der Waals surface area contributed by atoms with Crippen molar-refractivity contribution >= 4 is 5.69 Å². The minimum Gasteiger partial charge on any atom is -0.367 e. The number of halogens is 1. The van der Waals surface area contributed by atoms with Crippen LogP contribution >= 0.6 is 0 Å². The third-order valence-electron chi connectivity index (χ3n) is 3.66. The van der Waals surface area contributed by atoms with E-state index in [1.807, 2.05) is 12.1 Å². The summed E-state index contributed by atoms with van der Waals surface area (Å²) in [6.07, 6.45) is 0. The van der Waals surface area contributed by atoms with Crippen molar-refractivity contribution in [2.45, 2.75) is 26.2 Å². The molecule has 1 saturated heterocycles. The topological polar surface area (TPSA) is 6.48 Å². The smallest absolute Gasteiger partial charge is 0.146 e. The normalized spacial score (nSPS) is 18.2. The van der Waals surface area contributed by atoms with Gasteiger partial charge in [-0.1, -0.05) is 26.8 Å². The van der Waals surface area contributed by atoms with Gasteiger partial charge in [0.05, 0.1) is 5.69 Å². The number of hydrogen-bond donors (Lipinski definition) is 0. The summed E-state index contributed by atoms with van der Waals surface area (Å²) in [7, 11) is 2.11. The Morgan fingerprint density at radius 2 is 1.67 bits per heavy atom. The summed E-state index contributed by atoms with van der Waals surface area (Å²) >= 11 is 0. The third-order valence-corrected chi connectivity index (χ3v) is 3.66. The maximum atomic E-state index is 14.0. The summed E-state index contributed by atoms with van der Waals surface area (Å²) in [5.41, 5.74) is 2.02. The van der Waals surface area contributed by atoms with Crippen molar-refractivity contribution in [3.8, 4) is 0 Å². The summed E-state index contributed by atoms with van der Waals surface area (Å²) in [4.78, 5) is 4.44. The number of benzene rings is 1. The Bertz CT molecular complexity index is 415. The molecule has 1 aromatic carbocycles. The summed E-state index contributed by atoms with van der Waals surface area (Å²) < 4.78 is 14.0. The summed E-state index contributed by atoms with van der Waals surface area (Å²) in [5, 5.41) is 0. The van der Waals surface area contributed by atoms with Gasteiger partial charge in [0, 0.05) is 26.2 Å². The van der Waals surface area contributed by atoms with E-state index in [0.29, 0.717) is 0 Å². The van der Waals surface area contributed by atoms with Gasteiger partial charge in [0.15, 0.2) is 0 Å². The average Bonchev–Trinajstić information content (AvgIpc) is 2.29. The molecule has 0 spiro atoms. The van der Waals surface area contributed by atoms with Gasteiger partial charge in [0.2, 0.25) is 0 Å². The molecule has 18 heavy (non-hydrogen) atoms. The quantitative estimate of drug-likeness (QED) is 0.756. The number of nitrogens with zero attached hydrogens (tertiary/aromatic N) is 2. The highest BCUT2D eigenvalue weighted by Crippen LogP contribution is 2.29. The molecule has 3 heteroatoms. The minimum absolute atomic E-state index is 0.0645. The van der Waals surface area contributed by atoms with E-state index in [9.17, 15) is 4.39 Å². The molecule has 1 aliphatic heterocycles. The van der Waals surface area contributed by atoms with Crippen LogP contribution in [0.4, 0.5) is 10.1 Å². The number of rotatable bonds is 1. The van der Waals surface area contributed by atoms with Crippen molar-refractivity contribution in [3.63, 3.8) is 0 Å². The predicted octanol–water partition coefficient (Wildman–Crippen LogP) is 2.88. The molecule has 0 radical (unpaired) electrons. The van der Waals surface area contributed by atoms with E-state index in [1.165, 1.54) is 5.56 Å². The summed E-state index contributed by atoms with van der Waals surface area (Å²) in [6.45, 7) is 10.3. The van der Waals surface area contributed by atoms with Gasteiger partial charge >= 0.3 is 0 Å². The highest BCUT2D eigenvalue weighted by Gasteiger charge is 2.20. The second-order valence-corrected chi connectivity index (χ2v) is 6.21. The standard InChI is InChI=1S/C15H23FN2/c1-15(2,3)12-5-6-13(16)14(11-12)18-9-7-17(4)8-10-18/h5-6,11H,7-10H2,1-4H3. The second kappa shape index (κ2) is 4.88. The fraction of sp³-hybridized carbons (Fsp3) is 0.600. The lowest BCUT2D eigenvalue weighted by Crippen LogP contribution is -2.44. The van der Waals surface area contributed by atoms with E-state index < -0.39 is 0 Å². The lowest BCUT2D eigenvalue weighted by molar-refractivity contribution is 0.311. The van der Waals surface area contributed by atoms with Crippen LogP contribution in [0.15, 0.2) is 18.2 Å². The lowest BCUT2D eigenvalue weighted by atomic mass is 9.86. The van der Waals surface area contributed by atoms with Crippen molar-refractivity contribution in [2.24, 2.45) is 0 Å². The molecule has 2 nitrogen and oxygen atoms in total. The Morgan fingerprint density at radius 1 is 1.06 bits per heavy atom. The molecule has 0 atom stereocenters. The maximum absolute atomic E-state index is 14.0. The fourth-order valence-electron chi connectivity index (χ4n) is 2.27. The van der Waals surface area contributed by atoms with Crippen LogP contribution in [0.5, 0.6) is 0 Å². The van der Waals surface area contributed by atoms with E-state index in [4.69, 9.17) is 0 Å². The predicted molar refractivity (Wildman–Crippen MR) is 74.8 cm³/mol. The third kappa shape index (κ3) is 2.83. The van der Waals surface area contributed by atoms with Gasteiger partial charge in [-0.2, -0.15) is 0 Å². The molecule has 1 fully saturated rings. The summed E-state index contributed by atoms with van der Waals surface area (Å²) in [6, 6.07) is 5.52. The van der Waals surface area contributed by atoms with Crippen molar-refractivity contribution in [1.82, 2.24) is 4.90 Å². The fourth-order valence-corrected chi connectivity index (χ4v) is 2.27. The van der Waals surface area contributed by atoms with E-state index in [-0.39, 0.29) is 11.2 Å². The molecule has 1 aliphatic rings. The van der Waals surface area contributed by atoms with Crippen molar-refractivity contribution in [3.05, 3.63) is 29.6 Å². The van der Waals surface area contributed by atoms with Gasteiger partial charge in [-0.3, -0.25) is 0 Å². The first-order valence-electron chi connectivity index (χ1n) is 6.61. The van der Waals surface area contributed by atoms with Gasteiger partial charge in [0.25, 0.3) is 0 Å². The van der Waals surface area contributed by atoms with E-state index in [0.717, 1.165) is 31.9 Å². The first kappa shape index (κ1) is 13.3. The van der Waals surface area contributed by atoms with Crippen molar-refractivity contribution in [2.75, 3.05) is 38.1 Å². The van der Waals surface area contributed by atoms with Crippen molar-refractivity contribution in [1.29, 1.82) is 0 Å². The molecule has 0 amide bonds. The van der Waals surface area contributed by atoms with Crippen LogP contribution in [-0.4, -0.2) is 38.1 Å². The van der Waals surface area contributed by atoms with Crippen LogP contribution in [0.1, 0.15) is 26.3 Å². The van der Waals surface area contributed by atoms with Crippen LogP contribution in [0.3, 0.4) is 0 Å². The van der Waals surface area contributed by atoms with Gasteiger partial charge in [0.1, 0.15) is 5.82 Å². The first-order valence-corrected chi connectivity index (χ1v) is 6.61. The Morgan fingerprint density at radius 3 is 2.22 bits per heavy atom. The monoisotopic (exact) mass is 250 g/mol. The Kier molecular flexibility index (Phi) is 3.62. The van der Waals surface area contributed by atoms with Crippen LogP contribution in [0, 0.1) is 5.82 Å².